The summed E-state index contributed by atoms with van der Waals surface area (Å²) in [5, 5.41) is 1.87. The number of ether oxygens (including phenoxy) is 2. The van der Waals surface area contributed by atoms with E-state index in [1.807, 2.05) is 24.5 Å². The molecule has 0 aliphatic carbocycles. The molecule has 0 unspecified atom stereocenters. The molecule has 4 rings (SSSR count). The Morgan fingerprint density at radius 3 is 2.31 bits per heavy atom. The van der Waals surface area contributed by atoms with Crippen LogP contribution < -0.4 is 4.90 Å². The van der Waals surface area contributed by atoms with E-state index in [4.69, 9.17) is 9.47 Å². The van der Waals surface area contributed by atoms with Crippen molar-refractivity contribution >= 4 is 58.5 Å². The molecule has 0 N–H and O–H groups in total. The minimum absolute atomic E-state index is 0.315. The van der Waals surface area contributed by atoms with Crippen molar-refractivity contribution < 1.29 is 19.1 Å². The number of anilines is 1. The molecule has 170 valence electrons. The molecule has 0 radical (unpaired) electrons. The number of nitrogens with zero attached hydrogens (tertiary/aromatic N) is 1. The summed E-state index contributed by atoms with van der Waals surface area (Å²) >= 11 is 4.50. The number of thioether (sulfide) groups is 3. The monoisotopic (exact) mass is 489 g/mol. The van der Waals surface area contributed by atoms with Crippen molar-refractivity contribution in [1.82, 2.24) is 0 Å². The molecule has 1 aromatic rings. The van der Waals surface area contributed by atoms with Crippen LogP contribution >= 0.6 is 35.3 Å². The van der Waals surface area contributed by atoms with Gasteiger partial charge in [-0.25, -0.2) is 9.59 Å². The number of esters is 2. The molecular formula is C24H27NO4S3. The molecule has 0 amide bonds. The van der Waals surface area contributed by atoms with E-state index in [9.17, 15) is 9.59 Å². The summed E-state index contributed by atoms with van der Waals surface area (Å²) in [4.78, 5) is 30.0. The first-order chi connectivity index (χ1) is 15.3. The van der Waals surface area contributed by atoms with Gasteiger partial charge < -0.3 is 14.4 Å². The van der Waals surface area contributed by atoms with Crippen LogP contribution in [0.1, 0.15) is 40.2 Å². The predicted molar refractivity (Wildman–Crippen MR) is 135 cm³/mol. The molecule has 1 aromatic carbocycles. The standard InChI is InChI=1S/C24H27NO4S3/c1-6-25-16-12-10-9-11-15(16)19-20(23(25,4)5)31-17(21(26)28-7-2)13-24(19)30-14-18(32-24)22(27)29-8-3/h9-14H,6-8H2,1-5H3/t24-/m1/s1. The average Bonchev–Trinajstić information content (AvgIpc) is 3.18. The van der Waals surface area contributed by atoms with E-state index in [0.717, 1.165) is 28.3 Å². The van der Waals surface area contributed by atoms with Gasteiger partial charge in [0.25, 0.3) is 0 Å². The molecule has 3 aliphatic rings. The topological polar surface area (TPSA) is 55.8 Å². The zero-order chi connectivity index (χ0) is 23.1. The Labute approximate surface area is 202 Å². The van der Waals surface area contributed by atoms with E-state index in [0.29, 0.717) is 23.0 Å². The molecule has 1 spiro atoms. The molecule has 0 bridgehead atoms. The highest BCUT2D eigenvalue weighted by Crippen LogP contribution is 2.66. The molecule has 3 aliphatic heterocycles. The van der Waals surface area contributed by atoms with E-state index >= 15 is 0 Å². The van der Waals surface area contributed by atoms with Crippen molar-refractivity contribution in [2.45, 2.75) is 44.2 Å². The molecule has 5 nitrogen and oxygen atoms in total. The highest BCUT2D eigenvalue weighted by atomic mass is 32.2. The molecule has 3 heterocycles. The van der Waals surface area contributed by atoms with Gasteiger partial charge in [0, 0.05) is 28.3 Å². The summed E-state index contributed by atoms with van der Waals surface area (Å²) in [6.45, 7) is 11.6. The maximum atomic E-state index is 12.9. The normalized spacial score (nSPS) is 23.3. The van der Waals surface area contributed by atoms with Crippen LogP contribution in [-0.4, -0.2) is 41.3 Å². The van der Waals surface area contributed by atoms with Crippen molar-refractivity contribution in [3.8, 4) is 0 Å². The van der Waals surface area contributed by atoms with E-state index in [-0.39, 0.29) is 17.5 Å². The van der Waals surface area contributed by atoms with Crippen molar-refractivity contribution in [1.29, 1.82) is 0 Å². The Morgan fingerprint density at radius 1 is 1.00 bits per heavy atom. The molecule has 32 heavy (non-hydrogen) atoms. The number of carbonyl (C=O) groups excluding carboxylic acids is 2. The summed E-state index contributed by atoms with van der Waals surface area (Å²) in [5.41, 5.74) is 3.10. The number of para-hydroxylation sites is 1. The van der Waals surface area contributed by atoms with Crippen LogP contribution in [0.5, 0.6) is 0 Å². The Bertz CT molecular complexity index is 1060. The lowest BCUT2D eigenvalue weighted by Gasteiger charge is -2.50. The molecule has 0 saturated carbocycles. The lowest BCUT2D eigenvalue weighted by molar-refractivity contribution is -0.138. The number of carbonyl (C=O) groups is 2. The Hall–Kier alpha value is -1.77. The highest BCUT2D eigenvalue weighted by Gasteiger charge is 2.52. The van der Waals surface area contributed by atoms with E-state index in [1.54, 1.807) is 18.7 Å². The summed E-state index contributed by atoms with van der Waals surface area (Å²) in [5.74, 6) is -0.654. The third kappa shape index (κ3) is 3.70. The molecule has 1 atom stereocenters. The zero-order valence-electron chi connectivity index (χ0n) is 18.9. The van der Waals surface area contributed by atoms with E-state index in [2.05, 4.69) is 43.9 Å². The first-order valence-electron chi connectivity index (χ1n) is 10.7. The van der Waals surface area contributed by atoms with Gasteiger partial charge in [-0.15, -0.1) is 11.8 Å². The molecule has 0 fully saturated rings. The Morgan fingerprint density at radius 2 is 1.66 bits per heavy atom. The van der Waals surface area contributed by atoms with Gasteiger partial charge in [0.2, 0.25) is 0 Å². The van der Waals surface area contributed by atoms with Crippen LogP contribution in [0.4, 0.5) is 5.69 Å². The summed E-state index contributed by atoms with van der Waals surface area (Å²) in [7, 11) is 0. The third-order valence-corrected chi connectivity index (χ3v) is 9.93. The molecule has 0 saturated heterocycles. The summed E-state index contributed by atoms with van der Waals surface area (Å²) < 4.78 is 10.0. The third-order valence-electron chi connectivity index (χ3n) is 5.68. The van der Waals surface area contributed by atoms with Gasteiger partial charge in [-0.1, -0.05) is 41.7 Å². The Balaban J connectivity index is 1.90. The van der Waals surface area contributed by atoms with Gasteiger partial charge in [0.15, 0.2) is 0 Å². The number of benzene rings is 1. The number of hydrogen-bond acceptors (Lipinski definition) is 8. The SMILES string of the molecule is CCOC(=O)C1=C[C@]2(SC=C(C(=O)OCC)S2)C2=C(S1)C(C)(C)N(CC)c1ccccc12. The first kappa shape index (κ1) is 23.4. The van der Waals surface area contributed by atoms with Crippen LogP contribution in [0.15, 0.2) is 50.5 Å². The van der Waals surface area contributed by atoms with Crippen LogP contribution in [0.2, 0.25) is 0 Å². The van der Waals surface area contributed by atoms with Crippen molar-refractivity contribution in [3.63, 3.8) is 0 Å². The maximum Gasteiger partial charge on any atom is 0.345 e. The summed E-state index contributed by atoms with van der Waals surface area (Å²) in [6, 6.07) is 8.39. The minimum Gasteiger partial charge on any atom is -0.462 e. The van der Waals surface area contributed by atoms with Crippen LogP contribution in [0.25, 0.3) is 5.57 Å². The number of fused-ring (bicyclic) bond motifs is 3. The highest BCUT2D eigenvalue weighted by molar-refractivity contribution is 8.25. The fourth-order valence-electron chi connectivity index (χ4n) is 4.36. The summed E-state index contributed by atoms with van der Waals surface area (Å²) in [6.07, 6.45) is 1.97. The fraction of sp³-hybridized carbons (Fsp3) is 0.417. The second-order valence-electron chi connectivity index (χ2n) is 7.95. The lowest BCUT2D eigenvalue weighted by Crippen LogP contribution is -2.50. The van der Waals surface area contributed by atoms with Gasteiger partial charge in [0.05, 0.1) is 23.7 Å². The second-order valence-corrected chi connectivity index (χ2v) is 11.7. The Kier molecular flexibility index (Phi) is 6.49. The lowest BCUT2D eigenvalue weighted by atomic mass is 9.85. The van der Waals surface area contributed by atoms with Crippen molar-refractivity contribution in [2.24, 2.45) is 0 Å². The fourth-order valence-corrected chi connectivity index (χ4v) is 8.77. The van der Waals surface area contributed by atoms with E-state index < -0.39 is 4.08 Å². The van der Waals surface area contributed by atoms with Crippen molar-refractivity contribution in [3.05, 3.63) is 56.0 Å². The number of rotatable bonds is 5. The largest absolute Gasteiger partial charge is 0.462 e. The first-order valence-corrected chi connectivity index (χ1v) is 13.2. The van der Waals surface area contributed by atoms with Crippen molar-refractivity contribution in [2.75, 3.05) is 24.7 Å². The van der Waals surface area contributed by atoms with Crippen LogP contribution in [-0.2, 0) is 19.1 Å². The maximum absolute atomic E-state index is 12.9. The molecule has 8 heteroatoms. The zero-order valence-corrected chi connectivity index (χ0v) is 21.3. The molecule has 0 aromatic heterocycles. The molecular weight excluding hydrogens is 462 g/mol. The predicted octanol–water partition coefficient (Wildman–Crippen LogP) is 5.79. The van der Waals surface area contributed by atoms with E-state index in [1.165, 1.54) is 23.5 Å². The quantitative estimate of drug-likeness (QED) is 0.482. The van der Waals surface area contributed by atoms with Crippen LogP contribution in [0, 0.1) is 0 Å². The van der Waals surface area contributed by atoms with Gasteiger partial charge >= 0.3 is 11.9 Å². The minimum atomic E-state index is -0.641. The van der Waals surface area contributed by atoms with Gasteiger partial charge in [-0.05, 0) is 52.2 Å². The van der Waals surface area contributed by atoms with Gasteiger partial charge in [0.1, 0.15) is 8.98 Å². The average molecular weight is 490 g/mol. The van der Waals surface area contributed by atoms with Crippen LogP contribution in [0.3, 0.4) is 0 Å². The number of likely N-dealkylation sites (N-methyl/N-ethyl adjacent to an activating group) is 1. The van der Waals surface area contributed by atoms with Gasteiger partial charge in [-0.3, -0.25) is 0 Å². The number of hydrogen-bond donors (Lipinski definition) is 0. The smallest absolute Gasteiger partial charge is 0.345 e. The second kappa shape index (κ2) is 8.88. The van der Waals surface area contributed by atoms with Gasteiger partial charge in [-0.2, -0.15) is 0 Å².